The summed E-state index contributed by atoms with van der Waals surface area (Å²) in [5, 5.41) is 7.95. The van der Waals surface area contributed by atoms with Crippen LogP contribution in [0, 0.1) is 0 Å². The maximum Gasteiger partial charge on any atom is 0.303 e. The van der Waals surface area contributed by atoms with Gasteiger partial charge in [-0.05, 0) is 0 Å². The lowest BCUT2D eigenvalue weighted by Gasteiger charge is -2.52. The number of methoxy groups -OCH3 is 1. The number of esters is 3. The van der Waals surface area contributed by atoms with E-state index in [1.54, 1.807) is 11.8 Å². The van der Waals surface area contributed by atoms with Gasteiger partial charge in [-0.2, -0.15) is 0 Å². The zero-order valence-corrected chi connectivity index (χ0v) is 23.4. The molecule has 13 heteroatoms. The van der Waals surface area contributed by atoms with Crippen molar-refractivity contribution in [2.24, 2.45) is 5.73 Å². The van der Waals surface area contributed by atoms with E-state index >= 15 is 0 Å². The largest absolute Gasteiger partial charge is 0.465 e. The van der Waals surface area contributed by atoms with Crippen molar-refractivity contribution >= 4 is 28.8 Å². The lowest BCUT2D eigenvalue weighted by molar-refractivity contribution is -0.154. The Morgan fingerprint density at radius 3 is 2.38 bits per heavy atom. The van der Waals surface area contributed by atoms with Crippen LogP contribution in [-0.4, -0.2) is 100 Å². The van der Waals surface area contributed by atoms with Crippen molar-refractivity contribution in [2.45, 2.75) is 61.7 Å². The molecule has 8 atom stereocenters. The average Bonchev–Trinajstić information content (AvgIpc) is 3.39. The van der Waals surface area contributed by atoms with Crippen molar-refractivity contribution < 1.29 is 38.1 Å². The molecule has 4 rings (SSSR count). The highest BCUT2D eigenvalue weighted by molar-refractivity contribution is 8.18. The SMILES string of the molecule is CO[C@H]1C[SH]([C@@H]2COC[C@H](n3cc(-c4ccccc4)nn3)[C@H]2OC(C)=O)[C@H](COC(C)=O)[C@H](OC(C)=O)[C@H]1N. The fourth-order valence-electron chi connectivity index (χ4n) is 5.27. The molecule has 214 valence electrons. The van der Waals surface area contributed by atoms with E-state index in [1.165, 1.54) is 20.8 Å². The van der Waals surface area contributed by atoms with E-state index in [1.807, 2.05) is 36.5 Å². The van der Waals surface area contributed by atoms with Crippen LogP contribution in [0.2, 0.25) is 0 Å². The first kappa shape index (κ1) is 29.0. The van der Waals surface area contributed by atoms with Gasteiger partial charge >= 0.3 is 17.9 Å². The Kier molecular flexibility index (Phi) is 9.59. The van der Waals surface area contributed by atoms with Crippen molar-refractivity contribution in [2.75, 3.05) is 32.7 Å². The number of nitrogens with two attached hydrogens (primary N) is 1. The third kappa shape index (κ3) is 6.78. The minimum absolute atomic E-state index is 0.00143. The van der Waals surface area contributed by atoms with Crippen molar-refractivity contribution in [1.29, 1.82) is 0 Å². The van der Waals surface area contributed by atoms with Gasteiger partial charge in [0.05, 0.1) is 42.1 Å². The van der Waals surface area contributed by atoms with Gasteiger partial charge in [0.2, 0.25) is 0 Å². The number of ether oxygens (including phenoxy) is 5. The summed E-state index contributed by atoms with van der Waals surface area (Å²) in [6.45, 7) is 4.53. The zero-order valence-electron chi connectivity index (χ0n) is 22.5. The van der Waals surface area contributed by atoms with E-state index < -0.39 is 64.4 Å². The number of thiol groups is 1. The number of rotatable bonds is 8. The molecule has 1 aromatic carbocycles. The van der Waals surface area contributed by atoms with E-state index in [-0.39, 0.29) is 25.1 Å². The molecule has 39 heavy (non-hydrogen) atoms. The van der Waals surface area contributed by atoms with Gasteiger partial charge in [-0.3, -0.25) is 14.4 Å². The number of aromatic nitrogens is 3. The maximum absolute atomic E-state index is 12.3. The summed E-state index contributed by atoms with van der Waals surface area (Å²) in [5.74, 6) is -0.887. The van der Waals surface area contributed by atoms with Crippen LogP contribution in [0.4, 0.5) is 0 Å². The molecule has 0 bridgehead atoms. The topological polar surface area (TPSA) is 154 Å². The van der Waals surface area contributed by atoms with Crippen molar-refractivity contribution in [3.8, 4) is 11.3 Å². The third-order valence-electron chi connectivity index (χ3n) is 7.05. The summed E-state index contributed by atoms with van der Waals surface area (Å²) in [4.78, 5) is 36.2. The van der Waals surface area contributed by atoms with Gasteiger partial charge in [0.1, 0.15) is 30.6 Å². The van der Waals surface area contributed by atoms with Crippen molar-refractivity contribution in [1.82, 2.24) is 15.0 Å². The summed E-state index contributed by atoms with van der Waals surface area (Å²) in [6.07, 6.45) is -0.00996. The molecule has 0 saturated carbocycles. The molecule has 2 aliphatic rings. The molecule has 3 heterocycles. The van der Waals surface area contributed by atoms with E-state index in [0.717, 1.165) is 5.56 Å². The second kappa shape index (κ2) is 12.9. The lowest BCUT2D eigenvalue weighted by atomic mass is 10.0. The van der Waals surface area contributed by atoms with Gasteiger partial charge in [0.15, 0.2) is 0 Å². The fraction of sp³-hybridized carbons (Fsp3) is 0.577. The Labute approximate surface area is 229 Å². The summed E-state index contributed by atoms with van der Waals surface area (Å²) in [5.41, 5.74) is 8.07. The third-order valence-corrected chi connectivity index (χ3v) is 10.4. The van der Waals surface area contributed by atoms with Crippen LogP contribution >= 0.6 is 10.9 Å². The molecule has 2 N–H and O–H groups in total. The molecule has 0 aliphatic carbocycles. The molecule has 0 spiro atoms. The smallest absolute Gasteiger partial charge is 0.303 e. The molecule has 0 radical (unpaired) electrons. The van der Waals surface area contributed by atoms with Gasteiger partial charge in [0.25, 0.3) is 0 Å². The standard InChI is InChI=1S/C26H36N4O8S/c1-15(31)36-13-23-26(38-17(3)33)24(27)21(34-4)14-39(23)22-12-35-11-20(25(22)37-16(2)32)30-10-19(28-29-30)18-8-6-5-7-9-18/h5-10,20-26,39H,11-14,27H2,1-4H3/t20-,21-,22+,23+,24-,25+,26-/m0/s1. The molecule has 2 saturated heterocycles. The zero-order chi connectivity index (χ0) is 28.1. The number of nitrogens with zero attached hydrogens (tertiary/aromatic N) is 3. The van der Waals surface area contributed by atoms with E-state index in [4.69, 9.17) is 29.4 Å². The Balaban J connectivity index is 1.70. The van der Waals surface area contributed by atoms with E-state index in [2.05, 4.69) is 10.3 Å². The predicted octanol–water partition coefficient (Wildman–Crippen LogP) is 1.04. The quantitative estimate of drug-likeness (QED) is 0.268. The Morgan fingerprint density at radius 1 is 1.05 bits per heavy atom. The number of hydrogen-bond donors (Lipinski definition) is 2. The molecule has 12 nitrogen and oxygen atoms in total. The average molecular weight is 565 g/mol. The summed E-state index contributed by atoms with van der Waals surface area (Å²) in [6, 6.07) is 8.54. The van der Waals surface area contributed by atoms with Gasteiger partial charge in [-0.15, -0.1) is 5.10 Å². The van der Waals surface area contributed by atoms with Crippen LogP contribution < -0.4 is 5.73 Å². The second-order valence-corrected chi connectivity index (χ2v) is 12.4. The van der Waals surface area contributed by atoms with Gasteiger partial charge in [-0.1, -0.05) is 35.5 Å². The molecule has 2 aromatic rings. The highest BCUT2D eigenvalue weighted by Gasteiger charge is 2.51. The Bertz CT molecular complexity index is 1150. The number of benzene rings is 1. The normalized spacial score (nSPS) is 31.7. The Morgan fingerprint density at radius 2 is 1.74 bits per heavy atom. The minimum atomic E-state index is -1.17. The number of hydrogen-bond acceptors (Lipinski definition) is 11. The lowest BCUT2D eigenvalue weighted by Crippen LogP contribution is -2.62. The minimum Gasteiger partial charge on any atom is -0.465 e. The van der Waals surface area contributed by atoms with Crippen LogP contribution in [0.3, 0.4) is 0 Å². The van der Waals surface area contributed by atoms with E-state index in [9.17, 15) is 14.4 Å². The molecule has 2 aliphatic heterocycles. The molecule has 0 amide bonds. The summed E-state index contributed by atoms with van der Waals surface area (Å²) in [7, 11) is 0.382. The summed E-state index contributed by atoms with van der Waals surface area (Å²) < 4.78 is 30.5. The van der Waals surface area contributed by atoms with Crippen LogP contribution in [-0.2, 0) is 38.1 Å². The van der Waals surface area contributed by atoms with Gasteiger partial charge in [0, 0.05) is 39.2 Å². The fourth-order valence-corrected chi connectivity index (χ4v) is 8.95. The van der Waals surface area contributed by atoms with Gasteiger partial charge in [-0.25, -0.2) is 15.6 Å². The van der Waals surface area contributed by atoms with Crippen LogP contribution in [0.25, 0.3) is 11.3 Å². The first-order valence-electron chi connectivity index (χ1n) is 12.8. The summed E-state index contributed by atoms with van der Waals surface area (Å²) >= 11 is 0. The molecular weight excluding hydrogens is 528 g/mol. The first-order valence-corrected chi connectivity index (χ1v) is 14.4. The van der Waals surface area contributed by atoms with Crippen LogP contribution in [0.1, 0.15) is 26.8 Å². The van der Waals surface area contributed by atoms with Gasteiger partial charge < -0.3 is 29.4 Å². The molecule has 1 aromatic heterocycles. The van der Waals surface area contributed by atoms with Crippen LogP contribution in [0.5, 0.6) is 0 Å². The number of carbonyl (C=O) groups is 3. The molecule has 2 fully saturated rings. The molecular formula is C26H36N4O8S. The first-order chi connectivity index (χ1) is 18.7. The predicted molar refractivity (Wildman–Crippen MR) is 143 cm³/mol. The highest BCUT2D eigenvalue weighted by atomic mass is 32.2. The van der Waals surface area contributed by atoms with Crippen LogP contribution in [0.15, 0.2) is 36.5 Å². The highest BCUT2D eigenvalue weighted by Crippen LogP contribution is 2.50. The van der Waals surface area contributed by atoms with Crippen molar-refractivity contribution in [3.63, 3.8) is 0 Å². The maximum atomic E-state index is 12.3. The van der Waals surface area contributed by atoms with E-state index in [0.29, 0.717) is 11.4 Å². The number of carbonyl (C=O) groups excluding carboxylic acids is 3. The molecule has 1 unspecified atom stereocenters. The Hall–Kier alpha value is -3.00. The monoisotopic (exact) mass is 564 g/mol. The second-order valence-electron chi connectivity index (χ2n) is 9.69. The van der Waals surface area contributed by atoms with Crippen molar-refractivity contribution in [3.05, 3.63) is 36.5 Å².